The van der Waals surface area contributed by atoms with E-state index in [4.69, 9.17) is 0 Å². The smallest absolute Gasteiger partial charge is 0.256 e. The molecule has 2 aliphatic rings. The highest BCUT2D eigenvalue weighted by atomic mass is 16.1. The van der Waals surface area contributed by atoms with Gasteiger partial charge in [-0.15, -0.1) is 0 Å². The Morgan fingerprint density at radius 2 is 1.59 bits per heavy atom. The van der Waals surface area contributed by atoms with E-state index < -0.39 is 0 Å². The van der Waals surface area contributed by atoms with Gasteiger partial charge in [0.2, 0.25) is 0 Å². The van der Waals surface area contributed by atoms with Gasteiger partial charge in [0.1, 0.15) is 0 Å². The van der Waals surface area contributed by atoms with Crippen LogP contribution in [-0.4, -0.2) is 53.0 Å². The van der Waals surface area contributed by atoms with Crippen molar-refractivity contribution < 1.29 is 0 Å². The van der Waals surface area contributed by atoms with Crippen LogP contribution in [0.4, 0.5) is 0 Å². The molecule has 3 aromatic rings. The molecular formula is C28H35N3O. The summed E-state index contributed by atoms with van der Waals surface area (Å²) < 4.78 is 0. The maximum Gasteiger partial charge on any atom is 0.256 e. The Kier molecular flexibility index (Phi) is 6.16. The predicted octanol–water partition coefficient (Wildman–Crippen LogP) is 5.25. The molecule has 0 unspecified atom stereocenters. The topological polar surface area (TPSA) is 39.3 Å². The minimum absolute atomic E-state index is 0.0201. The number of nitrogens with one attached hydrogen (secondary N) is 1. The number of hydrogen-bond acceptors (Lipinski definition) is 3. The average Bonchev–Trinajstić information content (AvgIpc) is 2.84. The fourth-order valence-electron chi connectivity index (χ4n) is 5.68. The van der Waals surface area contributed by atoms with Crippen molar-refractivity contribution in [2.45, 2.75) is 57.5 Å². The van der Waals surface area contributed by atoms with Gasteiger partial charge in [-0.1, -0.05) is 36.4 Å². The lowest BCUT2D eigenvalue weighted by Gasteiger charge is -2.43. The van der Waals surface area contributed by atoms with Gasteiger partial charge in [-0.2, -0.15) is 0 Å². The van der Waals surface area contributed by atoms with Crippen LogP contribution in [0.5, 0.6) is 0 Å². The fraction of sp³-hybridized carbons (Fsp3) is 0.464. The maximum atomic E-state index is 12.6. The summed E-state index contributed by atoms with van der Waals surface area (Å²) in [7, 11) is 0. The molecule has 0 radical (unpaired) electrons. The molecule has 168 valence electrons. The van der Waals surface area contributed by atoms with Gasteiger partial charge in [-0.25, -0.2) is 0 Å². The first-order chi connectivity index (χ1) is 15.6. The molecule has 3 heterocycles. The van der Waals surface area contributed by atoms with Crippen LogP contribution in [0.1, 0.15) is 51.0 Å². The summed E-state index contributed by atoms with van der Waals surface area (Å²) in [5.74, 6) is 0.610. The Bertz CT molecular complexity index is 1100. The molecule has 4 nitrogen and oxygen atoms in total. The fourth-order valence-corrected chi connectivity index (χ4v) is 5.68. The summed E-state index contributed by atoms with van der Waals surface area (Å²) in [6.45, 7) is 9.53. The lowest BCUT2D eigenvalue weighted by atomic mass is 9.87. The quantitative estimate of drug-likeness (QED) is 0.616. The molecule has 0 saturated carbocycles. The number of rotatable bonds is 4. The number of fused-ring (bicyclic) bond motifs is 1. The van der Waals surface area contributed by atoms with Gasteiger partial charge in [0.25, 0.3) is 5.56 Å². The van der Waals surface area contributed by atoms with Crippen LogP contribution in [0.15, 0.2) is 59.4 Å². The summed E-state index contributed by atoms with van der Waals surface area (Å²) in [6, 6.07) is 20.1. The van der Waals surface area contributed by atoms with Gasteiger partial charge in [-0.05, 0) is 106 Å². The minimum atomic E-state index is -0.0201. The van der Waals surface area contributed by atoms with Crippen LogP contribution in [0, 0.1) is 0 Å². The molecule has 5 rings (SSSR count). The van der Waals surface area contributed by atoms with Crippen LogP contribution in [0.2, 0.25) is 0 Å². The van der Waals surface area contributed by atoms with E-state index in [9.17, 15) is 4.79 Å². The molecule has 1 N–H and O–H groups in total. The van der Waals surface area contributed by atoms with Gasteiger partial charge < -0.3 is 14.8 Å². The molecule has 4 heteroatoms. The normalized spacial score (nSPS) is 19.7. The number of aromatic nitrogens is 1. The third-order valence-electron chi connectivity index (χ3n) is 7.70. The Hall–Kier alpha value is -2.43. The standard InChI is InChI=1S/C28H35N3O/c1-20(2)30-16-12-25(13-17-30)31-14-10-21(11-15-31)23-8-9-27-24(18-23)19-26(28(32)29-27)22-6-4-3-5-7-22/h3-9,18-21,25H,10-17H2,1-2H3,(H,29,32). The zero-order valence-corrected chi connectivity index (χ0v) is 19.4. The molecule has 0 atom stereocenters. The van der Waals surface area contributed by atoms with Crippen molar-refractivity contribution in [3.8, 4) is 11.1 Å². The SMILES string of the molecule is CC(C)N1CCC(N2CCC(c3ccc4[nH]c(=O)c(-c5ccccc5)cc4c3)CC2)CC1. The number of nitrogens with zero attached hydrogens (tertiary/aromatic N) is 2. The van der Waals surface area contributed by atoms with Gasteiger partial charge in [0.15, 0.2) is 0 Å². The number of piperidine rings is 2. The predicted molar refractivity (Wildman–Crippen MR) is 133 cm³/mol. The molecule has 0 amide bonds. The molecule has 0 spiro atoms. The monoisotopic (exact) mass is 429 g/mol. The number of H-pyrrole nitrogens is 1. The van der Waals surface area contributed by atoms with Crippen molar-refractivity contribution in [1.29, 1.82) is 0 Å². The minimum Gasteiger partial charge on any atom is -0.321 e. The number of pyridine rings is 1. The number of aromatic amines is 1. The largest absolute Gasteiger partial charge is 0.321 e. The molecular weight excluding hydrogens is 394 g/mol. The molecule has 2 aromatic carbocycles. The Balaban J connectivity index is 1.28. The van der Waals surface area contributed by atoms with Crippen molar-refractivity contribution in [1.82, 2.24) is 14.8 Å². The van der Waals surface area contributed by atoms with Gasteiger partial charge >= 0.3 is 0 Å². The molecule has 0 aliphatic carbocycles. The summed E-state index contributed by atoms with van der Waals surface area (Å²) in [5.41, 5.74) is 4.04. The van der Waals surface area contributed by atoms with Gasteiger partial charge in [-0.3, -0.25) is 4.79 Å². The van der Waals surface area contributed by atoms with Crippen LogP contribution in [0.25, 0.3) is 22.0 Å². The van der Waals surface area contributed by atoms with E-state index >= 15 is 0 Å². The van der Waals surface area contributed by atoms with Crippen molar-refractivity contribution in [2.24, 2.45) is 0 Å². The summed E-state index contributed by atoms with van der Waals surface area (Å²) in [5, 5.41) is 1.13. The number of hydrogen-bond donors (Lipinski definition) is 1. The molecule has 2 aliphatic heterocycles. The average molecular weight is 430 g/mol. The molecule has 1 aromatic heterocycles. The highest BCUT2D eigenvalue weighted by Gasteiger charge is 2.29. The van der Waals surface area contributed by atoms with Crippen molar-refractivity contribution in [3.05, 3.63) is 70.5 Å². The van der Waals surface area contributed by atoms with E-state index in [0.717, 1.165) is 28.1 Å². The maximum absolute atomic E-state index is 12.6. The second-order valence-corrected chi connectivity index (χ2v) is 9.90. The summed E-state index contributed by atoms with van der Waals surface area (Å²) in [4.78, 5) is 21.0. The van der Waals surface area contributed by atoms with Crippen molar-refractivity contribution in [2.75, 3.05) is 26.2 Å². The van der Waals surface area contributed by atoms with E-state index in [-0.39, 0.29) is 5.56 Å². The van der Waals surface area contributed by atoms with Crippen molar-refractivity contribution >= 4 is 10.9 Å². The van der Waals surface area contributed by atoms with E-state index in [2.05, 4.69) is 52.9 Å². The van der Waals surface area contributed by atoms with E-state index in [1.807, 2.05) is 30.3 Å². The Morgan fingerprint density at radius 3 is 2.28 bits per heavy atom. The van der Waals surface area contributed by atoms with E-state index in [1.165, 1.54) is 57.4 Å². The second-order valence-electron chi connectivity index (χ2n) is 9.90. The molecule has 2 saturated heterocycles. The zero-order valence-electron chi connectivity index (χ0n) is 19.4. The third kappa shape index (κ3) is 4.39. The van der Waals surface area contributed by atoms with Gasteiger partial charge in [0.05, 0.1) is 0 Å². The summed E-state index contributed by atoms with van der Waals surface area (Å²) in [6.07, 6.45) is 5.08. The number of likely N-dealkylation sites (tertiary alicyclic amines) is 2. The molecule has 2 fully saturated rings. The van der Waals surface area contributed by atoms with Crippen molar-refractivity contribution in [3.63, 3.8) is 0 Å². The highest BCUT2D eigenvalue weighted by Crippen LogP contribution is 2.32. The molecule has 32 heavy (non-hydrogen) atoms. The second kappa shape index (κ2) is 9.21. The third-order valence-corrected chi connectivity index (χ3v) is 7.70. The van der Waals surface area contributed by atoms with Crippen LogP contribution < -0.4 is 5.56 Å². The lowest BCUT2D eigenvalue weighted by Crippen LogP contribution is -2.48. The zero-order chi connectivity index (χ0) is 22.1. The first kappa shape index (κ1) is 21.4. The lowest BCUT2D eigenvalue weighted by molar-refractivity contribution is 0.0753. The Morgan fingerprint density at radius 1 is 0.875 bits per heavy atom. The molecule has 0 bridgehead atoms. The first-order valence-electron chi connectivity index (χ1n) is 12.3. The summed E-state index contributed by atoms with van der Waals surface area (Å²) >= 11 is 0. The van der Waals surface area contributed by atoms with Crippen LogP contribution in [-0.2, 0) is 0 Å². The van der Waals surface area contributed by atoms with Crippen LogP contribution >= 0.6 is 0 Å². The first-order valence-corrected chi connectivity index (χ1v) is 12.3. The van der Waals surface area contributed by atoms with Gasteiger partial charge in [0, 0.05) is 23.2 Å². The Labute approximate surface area is 191 Å². The van der Waals surface area contributed by atoms with E-state index in [1.54, 1.807) is 0 Å². The number of benzene rings is 2. The van der Waals surface area contributed by atoms with E-state index in [0.29, 0.717) is 12.0 Å². The van der Waals surface area contributed by atoms with Crippen LogP contribution in [0.3, 0.4) is 0 Å². The highest BCUT2D eigenvalue weighted by molar-refractivity contribution is 5.84.